The molecular formula is C25H40O4. The summed E-state index contributed by atoms with van der Waals surface area (Å²) in [7, 11) is 0. The van der Waals surface area contributed by atoms with Crippen LogP contribution in [0, 0.1) is 58.2 Å². The van der Waals surface area contributed by atoms with E-state index in [-0.39, 0.29) is 29.0 Å². The van der Waals surface area contributed by atoms with E-state index in [1.807, 2.05) is 0 Å². The van der Waals surface area contributed by atoms with Crippen molar-refractivity contribution in [1.82, 2.24) is 0 Å². The molecule has 29 heavy (non-hydrogen) atoms. The normalized spacial score (nSPS) is 57.3. The molecule has 0 aromatic heterocycles. The first-order chi connectivity index (χ1) is 13.7. The summed E-state index contributed by atoms with van der Waals surface area (Å²) in [4.78, 5) is 11.4. The molecule has 0 bridgehead atoms. The Morgan fingerprint density at radius 1 is 0.931 bits per heavy atom. The Labute approximate surface area is 175 Å². The van der Waals surface area contributed by atoms with E-state index in [9.17, 15) is 20.1 Å². The van der Waals surface area contributed by atoms with Gasteiger partial charge in [0.2, 0.25) is 0 Å². The summed E-state index contributed by atoms with van der Waals surface area (Å²) < 4.78 is 0. The van der Waals surface area contributed by atoms with Gasteiger partial charge in [-0.05, 0) is 110 Å². The first-order valence-electron chi connectivity index (χ1n) is 12.3. The summed E-state index contributed by atoms with van der Waals surface area (Å²) in [5.74, 6) is 2.76. The maximum atomic E-state index is 11.4. The molecule has 5 fully saturated rings. The highest BCUT2D eigenvalue weighted by Gasteiger charge is 2.64. The lowest BCUT2D eigenvalue weighted by molar-refractivity contribution is -0.174. The van der Waals surface area contributed by atoms with Gasteiger partial charge in [0.05, 0.1) is 18.1 Å². The Hall–Kier alpha value is -0.610. The van der Waals surface area contributed by atoms with Gasteiger partial charge in [-0.2, -0.15) is 0 Å². The average Bonchev–Trinajstić information content (AvgIpc) is 3.39. The largest absolute Gasteiger partial charge is 0.481 e. The van der Waals surface area contributed by atoms with Crippen LogP contribution >= 0.6 is 0 Å². The number of fused-ring (bicyclic) bond motifs is 5. The van der Waals surface area contributed by atoms with E-state index >= 15 is 0 Å². The van der Waals surface area contributed by atoms with Gasteiger partial charge in [0.15, 0.2) is 0 Å². The summed E-state index contributed by atoms with van der Waals surface area (Å²) in [5, 5.41) is 30.9. The molecule has 4 nitrogen and oxygen atoms in total. The highest BCUT2D eigenvalue weighted by molar-refractivity contribution is 5.73. The van der Waals surface area contributed by atoms with Crippen LogP contribution in [-0.4, -0.2) is 33.5 Å². The number of carboxylic acids is 1. The standard InChI is InChI=1S/C25H40O4/c1-13(16-12-17(16)23(28)29)18-4-5-19-22-20(7-9-25(18,19)3)24(2)8-6-15(26)10-14(24)11-21(22)27/h13-22,26-27H,4-12H2,1-3H3,(H,28,29)/t13-,14+,15-,16-,17-,18-,19?,20?,21?,22?,24+,25-/m1/s1. The molecule has 5 rings (SSSR count). The highest BCUT2D eigenvalue weighted by Crippen LogP contribution is 2.69. The summed E-state index contributed by atoms with van der Waals surface area (Å²) in [6.07, 6.45) is 9.08. The van der Waals surface area contributed by atoms with Crippen LogP contribution in [0.2, 0.25) is 0 Å². The molecule has 0 aromatic carbocycles. The lowest BCUT2D eigenvalue weighted by atomic mass is 9.43. The molecule has 0 amide bonds. The predicted molar refractivity (Wildman–Crippen MR) is 111 cm³/mol. The fourth-order valence-corrected chi connectivity index (χ4v) is 9.48. The topological polar surface area (TPSA) is 77.8 Å². The van der Waals surface area contributed by atoms with Crippen molar-refractivity contribution < 1.29 is 20.1 Å². The van der Waals surface area contributed by atoms with E-state index in [1.165, 1.54) is 25.7 Å². The molecule has 12 atom stereocenters. The molecule has 4 heteroatoms. The molecule has 0 radical (unpaired) electrons. The molecule has 4 unspecified atom stereocenters. The third-order valence-corrected chi connectivity index (χ3v) is 11.2. The fraction of sp³-hybridized carbons (Fsp3) is 0.960. The SMILES string of the molecule is C[C@H]([C@H]1C[C@H]1C(=O)O)[C@H]1CCC2C3C(O)C[C@@H]4C[C@H](O)CC[C@]4(C)C3CC[C@@]21C. The van der Waals surface area contributed by atoms with Crippen molar-refractivity contribution >= 4 is 5.97 Å². The Balaban J connectivity index is 1.39. The summed E-state index contributed by atoms with van der Waals surface area (Å²) in [6.45, 7) is 7.26. The maximum Gasteiger partial charge on any atom is 0.306 e. The second kappa shape index (κ2) is 6.69. The number of aliphatic hydroxyl groups is 2. The fourth-order valence-electron chi connectivity index (χ4n) is 9.48. The van der Waals surface area contributed by atoms with Crippen molar-refractivity contribution in [3.63, 3.8) is 0 Å². The van der Waals surface area contributed by atoms with Crippen molar-refractivity contribution in [2.45, 2.75) is 90.8 Å². The van der Waals surface area contributed by atoms with Crippen molar-refractivity contribution in [3.8, 4) is 0 Å². The number of carboxylic acid groups (broad SMARTS) is 1. The lowest BCUT2D eigenvalue weighted by Crippen LogP contribution is -2.58. The van der Waals surface area contributed by atoms with Crippen molar-refractivity contribution in [3.05, 3.63) is 0 Å². The Morgan fingerprint density at radius 2 is 1.62 bits per heavy atom. The highest BCUT2D eigenvalue weighted by atomic mass is 16.4. The Bertz CT molecular complexity index is 678. The molecule has 5 aliphatic rings. The monoisotopic (exact) mass is 404 g/mol. The number of aliphatic carboxylic acids is 1. The molecule has 5 saturated carbocycles. The third kappa shape index (κ3) is 2.87. The minimum Gasteiger partial charge on any atom is -0.481 e. The van der Waals surface area contributed by atoms with Crippen LogP contribution in [0.3, 0.4) is 0 Å². The summed E-state index contributed by atoms with van der Waals surface area (Å²) >= 11 is 0. The van der Waals surface area contributed by atoms with Gasteiger partial charge in [0.1, 0.15) is 0 Å². The second-order valence-electron chi connectivity index (χ2n) is 12.2. The van der Waals surface area contributed by atoms with Crippen LogP contribution in [0.25, 0.3) is 0 Å². The van der Waals surface area contributed by atoms with Gasteiger partial charge in [0.25, 0.3) is 0 Å². The predicted octanol–water partition coefficient (Wildman–Crippen LogP) is 4.33. The number of hydrogen-bond donors (Lipinski definition) is 3. The Morgan fingerprint density at radius 3 is 2.31 bits per heavy atom. The zero-order valence-corrected chi connectivity index (χ0v) is 18.4. The van der Waals surface area contributed by atoms with Gasteiger partial charge in [-0.15, -0.1) is 0 Å². The van der Waals surface area contributed by atoms with E-state index in [2.05, 4.69) is 20.8 Å². The third-order valence-electron chi connectivity index (χ3n) is 11.2. The number of hydrogen-bond acceptors (Lipinski definition) is 3. The molecule has 0 saturated heterocycles. The van der Waals surface area contributed by atoms with Crippen molar-refractivity contribution in [2.24, 2.45) is 58.2 Å². The van der Waals surface area contributed by atoms with E-state index in [1.54, 1.807) is 0 Å². The van der Waals surface area contributed by atoms with Crippen LogP contribution < -0.4 is 0 Å². The van der Waals surface area contributed by atoms with Crippen LogP contribution in [0.15, 0.2) is 0 Å². The first kappa shape index (κ1) is 20.3. The number of carbonyl (C=O) groups is 1. The zero-order chi connectivity index (χ0) is 20.7. The molecular weight excluding hydrogens is 364 g/mol. The van der Waals surface area contributed by atoms with Gasteiger partial charge in [-0.3, -0.25) is 4.79 Å². The van der Waals surface area contributed by atoms with Crippen molar-refractivity contribution in [1.29, 1.82) is 0 Å². The Kier molecular flexibility index (Phi) is 4.68. The second-order valence-corrected chi connectivity index (χ2v) is 12.2. The van der Waals surface area contributed by atoms with E-state index < -0.39 is 5.97 Å². The van der Waals surface area contributed by atoms with Crippen LogP contribution in [0.5, 0.6) is 0 Å². The lowest BCUT2D eigenvalue weighted by Gasteiger charge is -2.62. The van der Waals surface area contributed by atoms with Crippen molar-refractivity contribution in [2.75, 3.05) is 0 Å². The van der Waals surface area contributed by atoms with Gasteiger partial charge >= 0.3 is 5.97 Å². The summed E-state index contributed by atoms with van der Waals surface area (Å²) in [6, 6.07) is 0. The van der Waals surface area contributed by atoms with E-state index in [0.717, 1.165) is 32.1 Å². The van der Waals surface area contributed by atoms with Gasteiger partial charge in [0, 0.05) is 0 Å². The molecule has 0 spiro atoms. The minimum absolute atomic E-state index is 0.113. The van der Waals surface area contributed by atoms with Crippen LogP contribution in [-0.2, 0) is 4.79 Å². The average molecular weight is 405 g/mol. The molecule has 0 aromatic rings. The van der Waals surface area contributed by atoms with Crippen LogP contribution in [0.4, 0.5) is 0 Å². The maximum absolute atomic E-state index is 11.4. The molecule has 0 aliphatic heterocycles. The molecule has 5 aliphatic carbocycles. The van der Waals surface area contributed by atoms with Gasteiger partial charge < -0.3 is 15.3 Å². The number of rotatable bonds is 3. The van der Waals surface area contributed by atoms with Crippen LogP contribution in [0.1, 0.15) is 78.6 Å². The quantitative estimate of drug-likeness (QED) is 0.654. The minimum atomic E-state index is -0.605. The smallest absolute Gasteiger partial charge is 0.306 e. The zero-order valence-electron chi connectivity index (χ0n) is 18.4. The summed E-state index contributed by atoms with van der Waals surface area (Å²) in [5.41, 5.74) is 0.531. The molecule has 0 heterocycles. The van der Waals surface area contributed by atoms with E-state index in [4.69, 9.17) is 0 Å². The molecule has 164 valence electrons. The van der Waals surface area contributed by atoms with E-state index in [0.29, 0.717) is 41.4 Å². The first-order valence-corrected chi connectivity index (χ1v) is 12.3. The van der Waals surface area contributed by atoms with Gasteiger partial charge in [-0.25, -0.2) is 0 Å². The van der Waals surface area contributed by atoms with Gasteiger partial charge in [-0.1, -0.05) is 20.8 Å². The molecule has 3 N–H and O–H groups in total. The number of aliphatic hydroxyl groups excluding tert-OH is 2.